The molecule has 0 spiro atoms. The SMILES string of the molecule is CN1[C@H](CO)CCC[C@H]1C(=O)O. The summed E-state index contributed by atoms with van der Waals surface area (Å²) in [5, 5.41) is 17.7. The van der Waals surface area contributed by atoms with Gasteiger partial charge >= 0.3 is 5.97 Å². The summed E-state index contributed by atoms with van der Waals surface area (Å²) in [4.78, 5) is 12.5. The van der Waals surface area contributed by atoms with Gasteiger partial charge in [0.2, 0.25) is 0 Å². The highest BCUT2D eigenvalue weighted by Crippen LogP contribution is 2.20. The molecule has 0 aromatic heterocycles. The largest absolute Gasteiger partial charge is 0.480 e. The summed E-state index contributed by atoms with van der Waals surface area (Å²) < 4.78 is 0. The molecule has 0 aromatic carbocycles. The molecule has 4 heteroatoms. The van der Waals surface area contributed by atoms with Crippen LogP contribution in [0, 0.1) is 0 Å². The Balaban J connectivity index is 2.59. The average molecular weight is 173 g/mol. The Bertz CT molecular complexity index is 172. The lowest BCUT2D eigenvalue weighted by molar-refractivity contribution is -0.145. The highest BCUT2D eigenvalue weighted by atomic mass is 16.4. The zero-order valence-corrected chi connectivity index (χ0v) is 7.23. The molecule has 1 fully saturated rings. The Morgan fingerprint density at radius 1 is 1.58 bits per heavy atom. The van der Waals surface area contributed by atoms with E-state index >= 15 is 0 Å². The monoisotopic (exact) mass is 173 g/mol. The molecule has 12 heavy (non-hydrogen) atoms. The molecule has 1 rings (SSSR count). The van der Waals surface area contributed by atoms with E-state index in [4.69, 9.17) is 10.2 Å². The van der Waals surface area contributed by atoms with Crippen molar-refractivity contribution in [3.05, 3.63) is 0 Å². The standard InChI is InChI=1S/C8H15NO3/c1-9-6(5-10)3-2-4-7(9)8(11)12/h6-7,10H,2-5H2,1H3,(H,11,12)/t6-,7-/m0/s1. The van der Waals surface area contributed by atoms with Crippen LogP contribution in [-0.4, -0.2) is 46.8 Å². The Morgan fingerprint density at radius 2 is 2.25 bits per heavy atom. The number of hydrogen-bond donors (Lipinski definition) is 2. The summed E-state index contributed by atoms with van der Waals surface area (Å²) in [7, 11) is 1.76. The van der Waals surface area contributed by atoms with Crippen LogP contribution in [0.3, 0.4) is 0 Å². The van der Waals surface area contributed by atoms with E-state index in [0.717, 1.165) is 12.8 Å². The molecule has 70 valence electrons. The number of carbonyl (C=O) groups is 1. The van der Waals surface area contributed by atoms with Gasteiger partial charge in [0.1, 0.15) is 6.04 Å². The lowest BCUT2D eigenvalue weighted by Crippen LogP contribution is -2.49. The molecule has 0 bridgehead atoms. The topological polar surface area (TPSA) is 60.8 Å². The number of nitrogens with zero attached hydrogens (tertiary/aromatic N) is 1. The zero-order chi connectivity index (χ0) is 9.14. The van der Waals surface area contributed by atoms with Crippen molar-refractivity contribution in [2.24, 2.45) is 0 Å². The minimum atomic E-state index is -0.782. The van der Waals surface area contributed by atoms with E-state index < -0.39 is 12.0 Å². The first-order valence-electron chi connectivity index (χ1n) is 4.22. The van der Waals surface area contributed by atoms with Crippen molar-refractivity contribution in [2.75, 3.05) is 13.7 Å². The Labute approximate surface area is 71.8 Å². The van der Waals surface area contributed by atoms with E-state index in [2.05, 4.69) is 0 Å². The minimum Gasteiger partial charge on any atom is -0.480 e. The number of carboxylic acid groups (broad SMARTS) is 1. The molecule has 0 saturated carbocycles. The van der Waals surface area contributed by atoms with E-state index in [-0.39, 0.29) is 12.6 Å². The number of hydrogen-bond acceptors (Lipinski definition) is 3. The molecule has 0 aromatic rings. The number of piperidine rings is 1. The summed E-state index contributed by atoms with van der Waals surface area (Å²) in [6, 6.07) is -0.379. The van der Waals surface area contributed by atoms with Gasteiger partial charge in [-0.2, -0.15) is 0 Å². The number of likely N-dealkylation sites (N-methyl/N-ethyl adjacent to an activating group) is 1. The number of rotatable bonds is 2. The van der Waals surface area contributed by atoms with Crippen molar-refractivity contribution in [2.45, 2.75) is 31.3 Å². The number of carboxylic acids is 1. The third-order valence-electron chi connectivity index (χ3n) is 2.58. The van der Waals surface area contributed by atoms with Gasteiger partial charge in [0.25, 0.3) is 0 Å². The zero-order valence-electron chi connectivity index (χ0n) is 7.23. The predicted octanol–water partition coefficient (Wildman–Crippen LogP) is -0.0838. The Hall–Kier alpha value is -0.610. The van der Waals surface area contributed by atoms with Crippen LogP contribution in [0.4, 0.5) is 0 Å². The van der Waals surface area contributed by atoms with Gasteiger partial charge in [0, 0.05) is 6.04 Å². The number of aliphatic hydroxyl groups excluding tert-OH is 1. The van der Waals surface area contributed by atoms with Crippen LogP contribution < -0.4 is 0 Å². The normalized spacial score (nSPS) is 31.8. The van der Waals surface area contributed by atoms with Crippen LogP contribution in [0.25, 0.3) is 0 Å². The molecule has 1 aliphatic rings. The Kier molecular flexibility index (Phi) is 3.05. The first kappa shape index (κ1) is 9.48. The molecule has 2 N–H and O–H groups in total. The first-order valence-corrected chi connectivity index (χ1v) is 4.22. The maximum Gasteiger partial charge on any atom is 0.320 e. The molecule has 1 saturated heterocycles. The fourth-order valence-electron chi connectivity index (χ4n) is 1.73. The van der Waals surface area contributed by atoms with Crippen LogP contribution in [0.15, 0.2) is 0 Å². The van der Waals surface area contributed by atoms with Gasteiger partial charge in [-0.25, -0.2) is 0 Å². The van der Waals surface area contributed by atoms with E-state index in [1.54, 1.807) is 11.9 Å². The first-order chi connectivity index (χ1) is 5.66. The maximum atomic E-state index is 10.7. The fraction of sp³-hybridized carbons (Fsp3) is 0.875. The van der Waals surface area contributed by atoms with Crippen LogP contribution in [0.5, 0.6) is 0 Å². The van der Waals surface area contributed by atoms with Crippen molar-refractivity contribution in [1.29, 1.82) is 0 Å². The van der Waals surface area contributed by atoms with Crippen molar-refractivity contribution in [1.82, 2.24) is 4.90 Å². The molecule has 1 aliphatic heterocycles. The summed E-state index contributed by atoms with van der Waals surface area (Å²) in [5.41, 5.74) is 0. The van der Waals surface area contributed by atoms with Gasteiger partial charge in [-0.1, -0.05) is 0 Å². The van der Waals surface area contributed by atoms with E-state index in [1.807, 2.05) is 0 Å². The second kappa shape index (κ2) is 3.87. The summed E-state index contributed by atoms with van der Waals surface area (Å²) in [6.45, 7) is 0.0558. The number of likely N-dealkylation sites (tertiary alicyclic amines) is 1. The number of aliphatic hydroxyl groups is 1. The minimum absolute atomic E-state index is 0.0276. The lowest BCUT2D eigenvalue weighted by Gasteiger charge is -2.36. The molecule has 0 aliphatic carbocycles. The molecular formula is C8H15NO3. The predicted molar refractivity (Wildman–Crippen MR) is 43.9 cm³/mol. The van der Waals surface area contributed by atoms with Crippen LogP contribution in [0.2, 0.25) is 0 Å². The van der Waals surface area contributed by atoms with Crippen LogP contribution in [-0.2, 0) is 4.79 Å². The van der Waals surface area contributed by atoms with Gasteiger partial charge < -0.3 is 10.2 Å². The highest BCUT2D eigenvalue weighted by Gasteiger charge is 2.31. The molecule has 0 unspecified atom stereocenters. The molecular weight excluding hydrogens is 158 g/mol. The third kappa shape index (κ3) is 1.76. The van der Waals surface area contributed by atoms with Gasteiger partial charge in [0.05, 0.1) is 6.61 Å². The van der Waals surface area contributed by atoms with E-state index in [0.29, 0.717) is 6.42 Å². The van der Waals surface area contributed by atoms with Crippen molar-refractivity contribution in [3.63, 3.8) is 0 Å². The van der Waals surface area contributed by atoms with Crippen molar-refractivity contribution < 1.29 is 15.0 Å². The second-order valence-electron chi connectivity index (χ2n) is 3.29. The molecule has 1 heterocycles. The van der Waals surface area contributed by atoms with Gasteiger partial charge in [-0.05, 0) is 26.3 Å². The quantitative estimate of drug-likeness (QED) is 0.613. The van der Waals surface area contributed by atoms with Crippen LogP contribution >= 0.6 is 0 Å². The maximum absolute atomic E-state index is 10.7. The van der Waals surface area contributed by atoms with E-state index in [9.17, 15) is 4.79 Å². The van der Waals surface area contributed by atoms with Crippen molar-refractivity contribution >= 4 is 5.97 Å². The third-order valence-corrected chi connectivity index (χ3v) is 2.58. The molecule has 0 amide bonds. The number of aliphatic carboxylic acids is 1. The Morgan fingerprint density at radius 3 is 2.75 bits per heavy atom. The van der Waals surface area contributed by atoms with Gasteiger partial charge in [-0.15, -0.1) is 0 Å². The highest BCUT2D eigenvalue weighted by molar-refractivity contribution is 5.73. The van der Waals surface area contributed by atoms with Crippen LogP contribution in [0.1, 0.15) is 19.3 Å². The second-order valence-corrected chi connectivity index (χ2v) is 3.29. The van der Waals surface area contributed by atoms with Crippen molar-refractivity contribution in [3.8, 4) is 0 Å². The molecule has 2 atom stereocenters. The lowest BCUT2D eigenvalue weighted by atomic mass is 9.97. The van der Waals surface area contributed by atoms with E-state index in [1.165, 1.54) is 0 Å². The molecule has 0 radical (unpaired) electrons. The summed E-state index contributed by atoms with van der Waals surface area (Å²) in [5.74, 6) is -0.782. The van der Waals surface area contributed by atoms with Gasteiger partial charge in [-0.3, -0.25) is 9.69 Å². The molecule has 4 nitrogen and oxygen atoms in total. The fourth-order valence-corrected chi connectivity index (χ4v) is 1.73. The van der Waals surface area contributed by atoms with Gasteiger partial charge in [0.15, 0.2) is 0 Å². The average Bonchev–Trinajstić information content (AvgIpc) is 2.04. The smallest absolute Gasteiger partial charge is 0.320 e. The summed E-state index contributed by atoms with van der Waals surface area (Å²) >= 11 is 0. The summed E-state index contributed by atoms with van der Waals surface area (Å²) in [6.07, 6.45) is 2.49.